The highest BCUT2D eigenvalue weighted by molar-refractivity contribution is 6.13. The summed E-state index contributed by atoms with van der Waals surface area (Å²) in [4.78, 5) is 27.2. The molecule has 0 unspecified atom stereocenters. The van der Waals surface area contributed by atoms with Gasteiger partial charge in [-0.3, -0.25) is 9.59 Å². The Morgan fingerprint density at radius 2 is 1.88 bits per heavy atom. The highest BCUT2D eigenvalue weighted by Crippen LogP contribution is 2.47. The van der Waals surface area contributed by atoms with E-state index in [9.17, 15) is 9.59 Å². The molecule has 3 rings (SSSR count). The zero-order valence-electron chi connectivity index (χ0n) is 14.1. The number of carbonyl (C=O) groups excluding carboxylic acids is 2. The van der Waals surface area contributed by atoms with Gasteiger partial charge >= 0.3 is 0 Å². The van der Waals surface area contributed by atoms with E-state index < -0.39 is 5.41 Å². The third kappa shape index (κ3) is 3.38. The lowest BCUT2D eigenvalue weighted by Crippen LogP contribution is -2.41. The summed E-state index contributed by atoms with van der Waals surface area (Å²) in [6, 6.07) is 7.75. The summed E-state index contributed by atoms with van der Waals surface area (Å²) in [7, 11) is 0. The average Bonchev–Trinajstić information content (AvgIpc) is 3.43. The molecule has 1 aliphatic carbocycles. The Kier molecular flexibility index (Phi) is 5.04. The Labute approximate surface area is 142 Å². The van der Waals surface area contributed by atoms with E-state index in [-0.39, 0.29) is 11.8 Å². The number of benzene rings is 1. The third-order valence-electron chi connectivity index (χ3n) is 4.66. The van der Waals surface area contributed by atoms with Crippen molar-refractivity contribution >= 4 is 23.2 Å². The summed E-state index contributed by atoms with van der Waals surface area (Å²) in [5.74, 6) is -0.345. The van der Waals surface area contributed by atoms with E-state index in [0.717, 1.165) is 30.9 Å². The fourth-order valence-electron chi connectivity index (χ4n) is 2.99. The number of hydrogen-bond acceptors (Lipinski definition) is 4. The maximum atomic E-state index is 12.7. The Morgan fingerprint density at radius 1 is 1.17 bits per heavy atom. The van der Waals surface area contributed by atoms with Crippen LogP contribution in [-0.4, -0.2) is 44.7 Å². The summed E-state index contributed by atoms with van der Waals surface area (Å²) in [6.45, 7) is 5.58. The Bertz CT molecular complexity index is 607. The number of para-hydroxylation sites is 2. The van der Waals surface area contributed by atoms with Crippen LogP contribution in [0.15, 0.2) is 24.3 Å². The van der Waals surface area contributed by atoms with Crippen LogP contribution in [0.1, 0.15) is 26.2 Å². The van der Waals surface area contributed by atoms with Gasteiger partial charge in [0.15, 0.2) is 0 Å². The first-order chi connectivity index (χ1) is 11.7. The van der Waals surface area contributed by atoms with Gasteiger partial charge in [0.05, 0.1) is 24.6 Å². The quantitative estimate of drug-likeness (QED) is 0.780. The second-order valence-electron chi connectivity index (χ2n) is 6.41. The maximum Gasteiger partial charge on any atom is 0.240 e. The summed E-state index contributed by atoms with van der Waals surface area (Å²) in [5.41, 5.74) is 0.866. The van der Waals surface area contributed by atoms with Crippen LogP contribution in [-0.2, 0) is 14.3 Å². The van der Waals surface area contributed by atoms with Gasteiger partial charge in [-0.2, -0.15) is 0 Å². The zero-order chi connectivity index (χ0) is 17.0. The van der Waals surface area contributed by atoms with Gasteiger partial charge in [-0.05, 0) is 31.4 Å². The Hall–Kier alpha value is -2.08. The minimum absolute atomic E-state index is 0.147. The number of nitrogens with one attached hydrogen (secondary N) is 2. The number of rotatable bonds is 6. The fraction of sp³-hybridized carbons (Fsp3) is 0.556. The third-order valence-corrected chi connectivity index (χ3v) is 4.66. The average molecular weight is 331 g/mol. The molecule has 1 saturated heterocycles. The molecular weight excluding hydrogens is 306 g/mol. The molecule has 0 bridgehead atoms. The van der Waals surface area contributed by atoms with Crippen molar-refractivity contribution in [2.75, 3.05) is 43.1 Å². The predicted molar refractivity (Wildman–Crippen MR) is 93.1 cm³/mol. The van der Waals surface area contributed by atoms with E-state index in [2.05, 4.69) is 15.5 Å². The highest BCUT2D eigenvalue weighted by Gasteiger charge is 2.56. The molecule has 1 aromatic carbocycles. The van der Waals surface area contributed by atoms with Crippen LogP contribution in [0.5, 0.6) is 0 Å². The molecule has 1 saturated carbocycles. The van der Waals surface area contributed by atoms with E-state index in [1.165, 1.54) is 0 Å². The van der Waals surface area contributed by atoms with Crippen molar-refractivity contribution in [2.45, 2.75) is 26.2 Å². The van der Waals surface area contributed by atoms with Gasteiger partial charge in [-0.1, -0.05) is 19.1 Å². The molecule has 2 fully saturated rings. The van der Waals surface area contributed by atoms with E-state index in [4.69, 9.17) is 4.74 Å². The van der Waals surface area contributed by atoms with Crippen molar-refractivity contribution in [3.63, 3.8) is 0 Å². The van der Waals surface area contributed by atoms with Crippen molar-refractivity contribution in [3.05, 3.63) is 24.3 Å². The van der Waals surface area contributed by atoms with Crippen molar-refractivity contribution in [3.8, 4) is 0 Å². The predicted octanol–water partition coefficient (Wildman–Crippen LogP) is 1.77. The monoisotopic (exact) mass is 331 g/mol. The molecule has 1 aromatic rings. The van der Waals surface area contributed by atoms with E-state index >= 15 is 0 Å². The maximum absolute atomic E-state index is 12.7. The number of carbonyl (C=O) groups is 2. The molecule has 0 radical (unpaired) electrons. The number of hydrogen-bond donors (Lipinski definition) is 2. The van der Waals surface area contributed by atoms with Gasteiger partial charge in [0.25, 0.3) is 0 Å². The lowest BCUT2D eigenvalue weighted by Gasteiger charge is -2.30. The van der Waals surface area contributed by atoms with E-state index in [1.807, 2.05) is 31.2 Å². The van der Waals surface area contributed by atoms with Crippen LogP contribution >= 0.6 is 0 Å². The first-order valence-electron chi connectivity index (χ1n) is 8.69. The Morgan fingerprint density at radius 3 is 2.54 bits per heavy atom. The lowest BCUT2D eigenvalue weighted by atomic mass is 10.0. The number of morpholine rings is 1. The van der Waals surface area contributed by atoms with Crippen molar-refractivity contribution in [1.29, 1.82) is 0 Å². The van der Waals surface area contributed by atoms with Crippen LogP contribution in [0.25, 0.3) is 0 Å². The molecule has 1 heterocycles. The molecule has 24 heavy (non-hydrogen) atoms. The number of amides is 2. The molecule has 2 N–H and O–H groups in total. The van der Waals surface area contributed by atoms with Crippen LogP contribution in [0, 0.1) is 5.41 Å². The number of nitrogens with zero attached hydrogens (tertiary/aromatic N) is 1. The van der Waals surface area contributed by atoms with E-state index in [1.54, 1.807) is 0 Å². The Balaban J connectivity index is 1.72. The SMILES string of the molecule is CCCNC(=O)C1(C(=O)Nc2ccccc2N2CCOCC2)CC1. The second kappa shape index (κ2) is 7.21. The van der Waals surface area contributed by atoms with Gasteiger partial charge in [0.1, 0.15) is 5.41 Å². The molecule has 2 aliphatic rings. The number of ether oxygens (including phenoxy) is 1. The topological polar surface area (TPSA) is 70.7 Å². The van der Waals surface area contributed by atoms with Gasteiger partial charge < -0.3 is 20.3 Å². The van der Waals surface area contributed by atoms with Gasteiger partial charge in [-0.15, -0.1) is 0 Å². The summed E-state index contributed by atoms with van der Waals surface area (Å²) in [6.07, 6.45) is 2.10. The molecular formula is C18H25N3O3. The fourth-order valence-corrected chi connectivity index (χ4v) is 2.99. The van der Waals surface area contributed by atoms with Crippen LogP contribution in [0.2, 0.25) is 0 Å². The highest BCUT2D eigenvalue weighted by atomic mass is 16.5. The van der Waals surface area contributed by atoms with Crippen LogP contribution in [0.4, 0.5) is 11.4 Å². The lowest BCUT2D eigenvalue weighted by molar-refractivity contribution is -0.134. The summed E-state index contributed by atoms with van der Waals surface area (Å²) < 4.78 is 5.39. The summed E-state index contributed by atoms with van der Waals surface area (Å²) >= 11 is 0. The molecule has 0 aromatic heterocycles. The number of anilines is 2. The first kappa shape index (κ1) is 16.8. The van der Waals surface area contributed by atoms with Crippen molar-refractivity contribution in [1.82, 2.24) is 5.32 Å². The van der Waals surface area contributed by atoms with Gasteiger partial charge in [-0.25, -0.2) is 0 Å². The largest absolute Gasteiger partial charge is 0.378 e. The second-order valence-corrected chi connectivity index (χ2v) is 6.41. The van der Waals surface area contributed by atoms with Crippen molar-refractivity contribution in [2.24, 2.45) is 5.41 Å². The molecule has 1 aliphatic heterocycles. The van der Waals surface area contributed by atoms with Crippen LogP contribution in [0.3, 0.4) is 0 Å². The standard InChI is InChI=1S/C18H25N3O3/c1-2-9-19-16(22)18(7-8-18)17(23)20-14-5-3-4-6-15(14)21-10-12-24-13-11-21/h3-6H,2,7-13H2,1H3,(H,19,22)(H,20,23). The van der Waals surface area contributed by atoms with Gasteiger partial charge in [0.2, 0.25) is 11.8 Å². The summed E-state index contributed by atoms with van der Waals surface area (Å²) in [5, 5.41) is 5.84. The van der Waals surface area contributed by atoms with E-state index in [0.29, 0.717) is 32.6 Å². The van der Waals surface area contributed by atoms with Gasteiger partial charge in [0, 0.05) is 19.6 Å². The first-order valence-corrected chi connectivity index (χ1v) is 8.69. The van der Waals surface area contributed by atoms with Crippen LogP contribution < -0.4 is 15.5 Å². The molecule has 0 atom stereocenters. The molecule has 6 heteroatoms. The zero-order valence-corrected chi connectivity index (χ0v) is 14.1. The molecule has 130 valence electrons. The molecule has 2 amide bonds. The smallest absolute Gasteiger partial charge is 0.240 e. The normalized spacial score (nSPS) is 18.8. The minimum Gasteiger partial charge on any atom is -0.378 e. The molecule has 6 nitrogen and oxygen atoms in total. The van der Waals surface area contributed by atoms with Crippen molar-refractivity contribution < 1.29 is 14.3 Å². The molecule has 0 spiro atoms. The minimum atomic E-state index is -0.882.